The van der Waals surface area contributed by atoms with Crippen molar-refractivity contribution < 1.29 is 18.7 Å². The molecule has 10 heteroatoms. The molecule has 4 aromatic rings. The van der Waals surface area contributed by atoms with Crippen molar-refractivity contribution in [1.82, 2.24) is 19.9 Å². The molecule has 0 radical (unpaired) electrons. The van der Waals surface area contributed by atoms with Gasteiger partial charge in [-0.15, -0.1) is 0 Å². The summed E-state index contributed by atoms with van der Waals surface area (Å²) in [5.74, 6) is -0.290. The number of carbonyl (C=O) groups is 2. The molecule has 2 amide bonds. The largest absolute Gasteiger partial charge is 0.383 e. The van der Waals surface area contributed by atoms with Gasteiger partial charge in [0.15, 0.2) is 5.67 Å². The Balaban J connectivity index is 1.51. The number of alkyl halides is 1. The fourth-order valence-electron chi connectivity index (χ4n) is 4.40. The number of nitrogens with two attached hydrogens (primary N) is 1. The number of carbonyl (C=O) groups excluding carboxylic acids is 2. The van der Waals surface area contributed by atoms with Crippen molar-refractivity contribution in [3.63, 3.8) is 0 Å². The van der Waals surface area contributed by atoms with Gasteiger partial charge < -0.3 is 25.7 Å². The average Bonchev–Trinajstić information content (AvgIpc) is 3.20. The first kappa shape index (κ1) is 25.1. The number of aryl methyl sites for hydroxylation is 1. The standard InChI is InChI=1S/C28H27FN6O3/c1-16(2)26(36)34-20-10-8-18(9-11-20)23-21(22-24(30)32-15-33-25(22)35(23)3)17-4-6-19(7-5-17)27(37)31-12-28(29)13-38-14-28/h4-11,15H,1,12-14H2,2-3H3,(H,31,37)(H,34,36)(H2,30,32,33). The zero-order valence-corrected chi connectivity index (χ0v) is 21.0. The van der Waals surface area contributed by atoms with Crippen LogP contribution in [-0.2, 0) is 16.6 Å². The molecule has 0 unspecified atom stereocenters. The van der Waals surface area contributed by atoms with Crippen LogP contribution in [0.2, 0.25) is 0 Å². The van der Waals surface area contributed by atoms with Crippen LogP contribution in [0.5, 0.6) is 0 Å². The molecule has 1 aliphatic rings. The Kier molecular flexibility index (Phi) is 6.41. The van der Waals surface area contributed by atoms with Crippen molar-refractivity contribution >= 4 is 34.4 Å². The zero-order valence-electron chi connectivity index (χ0n) is 21.0. The second kappa shape index (κ2) is 9.71. The predicted molar refractivity (Wildman–Crippen MR) is 144 cm³/mol. The quantitative estimate of drug-likeness (QED) is 0.322. The maximum atomic E-state index is 14.2. The molecule has 2 aromatic carbocycles. The van der Waals surface area contributed by atoms with E-state index in [4.69, 9.17) is 10.5 Å². The third-order valence-electron chi connectivity index (χ3n) is 6.52. The number of aromatic nitrogens is 3. The van der Waals surface area contributed by atoms with Gasteiger partial charge in [-0.1, -0.05) is 30.8 Å². The number of ether oxygens (including phenoxy) is 1. The molecule has 0 aliphatic carbocycles. The number of hydrogen-bond acceptors (Lipinski definition) is 6. The number of nitrogens with zero attached hydrogens (tertiary/aromatic N) is 3. The molecule has 1 fully saturated rings. The lowest BCUT2D eigenvalue weighted by atomic mass is 9.97. The van der Waals surface area contributed by atoms with Gasteiger partial charge in [0.1, 0.15) is 17.8 Å². The van der Waals surface area contributed by atoms with Gasteiger partial charge in [0, 0.05) is 29.4 Å². The summed E-state index contributed by atoms with van der Waals surface area (Å²) in [6.45, 7) is 5.18. The van der Waals surface area contributed by atoms with E-state index in [0.29, 0.717) is 33.7 Å². The van der Waals surface area contributed by atoms with Gasteiger partial charge in [-0.2, -0.15) is 0 Å². The summed E-state index contributed by atoms with van der Waals surface area (Å²) in [6.07, 6.45) is 1.42. The lowest BCUT2D eigenvalue weighted by Gasteiger charge is -2.33. The SMILES string of the molecule is C=C(C)C(=O)Nc1ccc(-c2c(-c3ccc(C(=O)NCC4(F)COC4)cc3)c3c(N)ncnc3n2C)cc1. The van der Waals surface area contributed by atoms with Crippen LogP contribution >= 0.6 is 0 Å². The summed E-state index contributed by atoms with van der Waals surface area (Å²) in [5.41, 5.74) is 10.2. The summed E-state index contributed by atoms with van der Waals surface area (Å²) in [7, 11) is 1.89. The van der Waals surface area contributed by atoms with Gasteiger partial charge in [-0.3, -0.25) is 9.59 Å². The molecule has 0 bridgehead atoms. The van der Waals surface area contributed by atoms with Gasteiger partial charge in [0.25, 0.3) is 11.8 Å². The molecule has 2 aromatic heterocycles. The average molecular weight is 515 g/mol. The molecule has 1 aliphatic heterocycles. The van der Waals surface area contributed by atoms with Gasteiger partial charge in [0.2, 0.25) is 0 Å². The van der Waals surface area contributed by atoms with Gasteiger partial charge in [0.05, 0.1) is 30.8 Å². The van der Waals surface area contributed by atoms with Crippen LogP contribution in [0.1, 0.15) is 17.3 Å². The van der Waals surface area contributed by atoms with E-state index in [-0.39, 0.29) is 31.6 Å². The smallest absolute Gasteiger partial charge is 0.251 e. The van der Waals surface area contributed by atoms with E-state index in [9.17, 15) is 14.0 Å². The second-order valence-electron chi connectivity index (χ2n) is 9.46. The fraction of sp³-hybridized carbons (Fsp3) is 0.214. The van der Waals surface area contributed by atoms with Crippen molar-refractivity contribution in [2.24, 2.45) is 7.05 Å². The number of benzene rings is 2. The highest BCUT2D eigenvalue weighted by atomic mass is 19.1. The van der Waals surface area contributed by atoms with Crippen molar-refractivity contribution in [2.45, 2.75) is 12.6 Å². The van der Waals surface area contributed by atoms with E-state index in [2.05, 4.69) is 27.2 Å². The van der Waals surface area contributed by atoms with E-state index < -0.39 is 5.67 Å². The van der Waals surface area contributed by atoms with Gasteiger partial charge in [-0.25, -0.2) is 14.4 Å². The molecule has 0 atom stereocenters. The minimum atomic E-state index is -1.51. The lowest BCUT2D eigenvalue weighted by molar-refractivity contribution is -0.126. The summed E-state index contributed by atoms with van der Waals surface area (Å²) in [4.78, 5) is 33.2. The molecule has 0 spiro atoms. The van der Waals surface area contributed by atoms with E-state index in [1.165, 1.54) is 6.33 Å². The van der Waals surface area contributed by atoms with Crippen LogP contribution in [-0.4, -0.2) is 51.8 Å². The van der Waals surface area contributed by atoms with Gasteiger partial charge >= 0.3 is 0 Å². The first-order chi connectivity index (χ1) is 18.2. The molecular formula is C28H27FN6O3. The van der Waals surface area contributed by atoms with Gasteiger partial charge in [-0.05, 0) is 42.3 Å². The number of anilines is 2. The molecule has 194 valence electrons. The van der Waals surface area contributed by atoms with E-state index in [1.807, 2.05) is 48.0 Å². The Hall–Kier alpha value is -4.57. The maximum absolute atomic E-state index is 14.2. The van der Waals surface area contributed by atoms with Crippen LogP contribution in [0, 0.1) is 0 Å². The molecule has 5 rings (SSSR count). The van der Waals surface area contributed by atoms with Crippen LogP contribution in [0.3, 0.4) is 0 Å². The van der Waals surface area contributed by atoms with Crippen LogP contribution in [0.15, 0.2) is 67.0 Å². The Labute approximate surface area is 218 Å². The van der Waals surface area contributed by atoms with E-state index in [1.54, 1.807) is 19.1 Å². The molecule has 0 saturated carbocycles. The Bertz CT molecular complexity index is 1560. The number of amides is 2. The first-order valence-corrected chi connectivity index (χ1v) is 12.0. The number of hydrogen-bond donors (Lipinski definition) is 3. The highest BCUT2D eigenvalue weighted by Crippen LogP contribution is 2.41. The monoisotopic (exact) mass is 514 g/mol. The summed E-state index contributed by atoms with van der Waals surface area (Å²) in [6, 6.07) is 14.4. The Morgan fingerprint density at radius 2 is 1.76 bits per heavy atom. The zero-order chi connectivity index (χ0) is 27.0. The molecule has 38 heavy (non-hydrogen) atoms. The van der Waals surface area contributed by atoms with Crippen molar-refractivity contribution in [3.8, 4) is 22.4 Å². The van der Waals surface area contributed by atoms with Crippen LogP contribution in [0.25, 0.3) is 33.4 Å². The summed E-state index contributed by atoms with van der Waals surface area (Å²) < 4.78 is 21.0. The minimum absolute atomic E-state index is 0.0131. The highest BCUT2D eigenvalue weighted by Gasteiger charge is 2.39. The number of halogens is 1. The predicted octanol–water partition coefficient (Wildman–Crippen LogP) is 3.87. The Morgan fingerprint density at radius 1 is 1.11 bits per heavy atom. The van der Waals surface area contributed by atoms with Crippen molar-refractivity contribution in [3.05, 3.63) is 72.6 Å². The van der Waals surface area contributed by atoms with Crippen LogP contribution in [0.4, 0.5) is 15.9 Å². The molecule has 1 saturated heterocycles. The number of nitrogen functional groups attached to an aromatic ring is 1. The fourth-order valence-corrected chi connectivity index (χ4v) is 4.40. The molecule has 9 nitrogen and oxygen atoms in total. The molecule has 3 heterocycles. The minimum Gasteiger partial charge on any atom is -0.383 e. The third kappa shape index (κ3) is 4.61. The topological polar surface area (TPSA) is 124 Å². The summed E-state index contributed by atoms with van der Waals surface area (Å²) in [5, 5.41) is 6.12. The van der Waals surface area contributed by atoms with Crippen molar-refractivity contribution in [1.29, 1.82) is 0 Å². The second-order valence-corrected chi connectivity index (χ2v) is 9.46. The molecule has 4 N–H and O–H groups in total. The van der Waals surface area contributed by atoms with E-state index in [0.717, 1.165) is 22.4 Å². The first-order valence-electron chi connectivity index (χ1n) is 12.0. The van der Waals surface area contributed by atoms with Crippen LogP contribution < -0.4 is 16.4 Å². The Morgan fingerprint density at radius 3 is 2.37 bits per heavy atom. The third-order valence-corrected chi connectivity index (χ3v) is 6.52. The number of nitrogens with one attached hydrogen (secondary N) is 2. The summed E-state index contributed by atoms with van der Waals surface area (Å²) >= 11 is 0. The number of fused-ring (bicyclic) bond motifs is 1. The maximum Gasteiger partial charge on any atom is 0.251 e. The normalized spacial score (nSPS) is 14.1. The van der Waals surface area contributed by atoms with Crippen molar-refractivity contribution in [2.75, 3.05) is 30.8 Å². The lowest BCUT2D eigenvalue weighted by Crippen LogP contribution is -2.53. The molecular weight excluding hydrogens is 487 g/mol. The highest BCUT2D eigenvalue weighted by molar-refractivity contribution is 6.08. The number of rotatable bonds is 7. The van der Waals surface area contributed by atoms with E-state index >= 15 is 0 Å².